The smallest absolute Gasteiger partial charge is 0.225 e. The Morgan fingerprint density at radius 1 is 1.24 bits per heavy atom. The zero-order valence-electron chi connectivity index (χ0n) is 13.1. The molecule has 1 aromatic rings. The van der Waals surface area contributed by atoms with E-state index >= 15 is 0 Å². The Labute approximate surface area is 127 Å². The van der Waals surface area contributed by atoms with Gasteiger partial charge in [0.1, 0.15) is 0 Å². The third kappa shape index (κ3) is 3.63. The van der Waals surface area contributed by atoms with Crippen molar-refractivity contribution in [2.75, 3.05) is 13.1 Å². The second-order valence-corrected chi connectivity index (χ2v) is 6.79. The number of rotatable bonds is 3. The van der Waals surface area contributed by atoms with Crippen molar-refractivity contribution in [1.29, 1.82) is 0 Å². The van der Waals surface area contributed by atoms with Crippen LogP contribution in [0.3, 0.4) is 0 Å². The quantitative estimate of drug-likeness (QED) is 0.853. The largest absolute Gasteiger partial charge is 0.342 e. The number of hydrogen-bond acceptors (Lipinski definition) is 2. The molecule has 1 aliphatic heterocycles. The molecule has 1 saturated heterocycles. The normalized spacial score (nSPS) is 23.5. The number of pyridine rings is 1. The third-order valence-electron chi connectivity index (χ3n) is 5.03. The van der Waals surface area contributed by atoms with Gasteiger partial charge in [0.05, 0.1) is 0 Å². The Balaban J connectivity index is 1.57. The van der Waals surface area contributed by atoms with Crippen LogP contribution in [0.1, 0.15) is 49.8 Å². The van der Waals surface area contributed by atoms with Crippen LogP contribution in [-0.2, 0) is 11.2 Å². The van der Waals surface area contributed by atoms with Crippen LogP contribution < -0.4 is 0 Å². The molecular weight excluding hydrogens is 260 g/mol. The maximum Gasteiger partial charge on any atom is 0.225 e. The summed E-state index contributed by atoms with van der Waals surface area (Å²) in [6.45, 7) is 3.94. The van der Waals surface area contributed by atoms with Gasteiger partial charge in [0.25, 0.3) is 0 Å². The standard InChI is InChI=1S/C18H26N2O/c1-14-8-9-15(12-19-14)11-16-5-4-10-20(13-16)18(21)17-6-2-3-7-17/h8-9,12,16-17H,2-7,10-11,13H2,1H3/t16-/m0/s1. The second kappa shape index (κ2) is 6.59. The van der Waals surface area contributed by atoms with Gasteiger partial charge < -0.3 is 4.90 Å². The van der Waals surface area contributed by atoms with Gasteiger partial charge in [-0.2, -0.15) is 0 Å². The monoisotopic (exact) mass is 286 g/mol. The predicted molar refractivity (Wildman–Crippen MR) is 83.9 cm³/mol. The minimum atomic E-state index is 0.324. The minimum Gasteiger partial charge on any atom is -0.342 e. The molecule has 1 saturated carbocycles. The van der Waals surface area contributed by atoms with Gasteiger partial charge in [0, 0.05) is 30.9 Å². The van der Waals surface area contributed by atoms with Crippen molar-refractivity contribution in [3.8, 4) is 0 Å². The van der Waals surface area contributed by atoms with E-state index in [1.165, 1.54) is 24.8 Å². The number of hydrogen-bond donors (Lipinski definition) is 0. The predicted octanol–water partition coefficient (Wildman–Crippen LogP) is 3.36. The van der Waals surface area contributed by atoms with E-state index in [9.17, 15) is 4.79 Å². The number of amides is 1. The van der Waals surface area contributed by atoms with Gasteiger partial charge in [0.2, 0.25) is 5.91 Å². The maximum absolute atomic E-state index is 12.6. The van der Waals surface area contributed by atoms with Crippen LogP contribution >= 0.6 is 0 Å². The molecule has 0 radical (unpaired) electrons. The first-order valence-corrected chi connectivity index (χ1v) is 8.42. The zero-order chi connectivity index (χ0) is 14.7. The average Bonchev–Trinajstić information content (AvgIpc) is 3.03. The Kier molecular flexibility index (Phi) is 4.57. The van der Waals surface area contributed by atoms with E-state index < -0.39 is 0 Å². The number of carbonyl (C=O) groups is 1. The van der Waals surface area contributed by atoms with E-state index in [1.54, 1.807) is 0 Å². The first kappa shape index (κ1) is 14.6. The van der Waals surface area contributed by atoms with Crippen molar-refractivity contribution in [3.63, 3.8) is 0 Å². The number of likely N-dealkylation sites (tertiary alicyclic amines) is 1. The van der Waals surface area contributed by atoms with Gasteiger partial charge >= 0.3 is 0 Å². The summed E-state index contributed by atoms with van der Waals surface area (Å²) in [6.07, 6.45) is 10.1. The van der Waals surface area contributed by atoms with E-state index in [0.29, 0.717) is 17.7 Å². The lowest BCUT2D eigenvalue weighted by Crippen LogP contribution is -2.43. The van der Waals surface area contributed by atoms with Crippen LogP contribution in [0, 0.1) is 18.8 Å². The van der Waals surface area contributed by atoms with E-state index in [-0.39, 0.29) is 0 Å². The Morgan fingerprint density at radius 3 is 2.76 bits per heavy atom. The lowest BCUT2D eigenvalue weighted by molar-refractivity contribution is -0.137. The molecule has 0 spiro atoms. The molecule has 1 amide bonds. The van der Waals surface area contributed by atoms with Crippen LogP contribution in [0.25, 0.3) is 0 Å². The topological polar surface area (TPSA) is 33.2 Å². The highest BCUT2D eigenvalue weighted by atomic mass is 16.2. The molecule has 3 heteroatoms. The van der Waals surface area contributed by atoms with E-state index in [0.717, 1.165) is 44.5 Å². The van der Waals surface area contributed by atoms with Crippen LogP contribution in [-0.4, -0.2) is 28.9 Å². The number of aryl methyl sites for hydroxylation is 1. The van der Waals surface area contributed by atoms with Gasteiger partial charge in [-0.25, -0.2) is 0 Å². The third-order valence-corrected chi connectivity index (χ3v) is 5.03. The van der Waals surface area contributed by atoms with Crippen molar-refractivity contribution >= 4 is 5.91 Å². The highest BCUT2D eigenvalue weighted by Gasteiger charge is 2.30. The summed E-state index contributed by atoms with van der Waals surface area (Å²) in [6, 6.07) is 4.26. The molecule has 0 N–H and O–H groups in total. The molecule has 0 aromatic carbocycles. The van der Waals surface area contributed by atoms with Crippen molar-refractivity contribution < 1.29 is 4.79 Å². The second-order valence-electron chi connectivity index (χ2n) is 6.79. The van der Waals surface area contributed by atoms with E-state index in [2.05, 4.69) is 22.0 Å². The van der Waals surface area contributed by atoms with Crippen LogP contribution in [0.15, 0.2) is 18.3 Å². The van der Waals surface area contributed by atoms with Crippen LogP contribution in [0.4, 0.5) is 0 Å². The molecule has 3 nitrogen and oxygen atoms in total. The van der Waals surface area contributed by atoms with Crippen molar-refractivity contribution in [3.05, 3.63) is 29.6 Å². The summed E-state index contributed by atoms with van der Waals surface area (Å²) >= 11 is 0. The molecule has 21 heavy (non-hydrogen) atoms. The Hall–Kier alpha value is -1.38. The molecule has 2 aliphatic rings. The SMILES string of the molecule is Cc1ccc(C[C@@H]2CCCN(C(=O)C3CCCC3)C2)cn1. The maximum atomic E-state index is 12.6. The highest BCUT2D eigenvalue weighted by molar-refractivity contribution is 5.79. The summed E-state index contributed by atoms with van der Waals surface area (Å²) in [5.74, 6) is 1.36. The lowest BCUT2D eigenvalue weighted by Gasteiger charge is -2.34. The highest BCUT2D eigenvalue weighted by Crippen LogP contribution is 2.29. The number of carbonyl (C=O) groups excluding carboxylic acids is 1. The van der Waals surface area contributed by atoms with Gasteiger partial charge in [-0.3, -0.25) is 9.78 Å². The molecule has 114 valence electrons. The zero-order valence-corrected chi connectivity index (χ0v) is 13.1. The Morgan fingerprint density at radius 2 is 2.05 bits per heavy atom. The number of aromatic nitrogens is 1. The summed E-state index contributed by atoms with van der Waals surface area (Å²) in [5, 5.41) is 0. The van der Waals surface area contributed by atoms with Crippen molar-refractivity contribution in [2.45, 2.75) is 51.9 Å². The van der Waals surface area contributed by atoms with Crippen LogP contribution in [0.2, 0.25) is 0 Å². The lowest BCUT2D eigenvalue weighted by atomic mass is 9.91. The molecule has 1 atom stereocenters. The molecule has 1 aromatic heterocycles. The average molecular weight is 286 g/mol. The van der Waals surface area contributed by atoms with Crippen molar-refractivity contribution in [1.82, 2.24) is 9.88 Å². The molecule has 0 bridgehead atoms. The number of nitrogens with zero attached hydrogens (tertiary/aromatic N) is 2. The molecule has 0 unspecified atom stereocenters. The molecular formula is C18H26N2O. The van der Waals surface area contributed by atoms with Gasteiger partial charge in [-0.1, -0.05) is 18.9 Å². The summed E-state index contributed by atoms with van der Waals surface area (Å²) in [4.78, 5) is 19.1. The minimum absolute atomic E-state index is 0.324. The summed E-state index contributed by atoms with van der Waals surface area (Å²) in [7, 11) is 0. The van der Waals surface area contributed by atoms with Gasteiger partial charge in [0.15, 0.2) is 0 Å². The fourth-order valence-corrected chi connectivity index (χ4v) is 3.82. The fraction of sp³-hybridized carbons (Fsp3) is 0.667. The van der Waals surface area contributed by atoms with E-state index in [4.69, 9.17) is 0 Å². The molecule has 2 fully saturated rings. The first-order chi connectivity index (χ1) is 10.2. The molecule has 2 heterocycles. The molecule has 3 rings (SSSR count). The molecule has 1 aliphatic carbocycles. The number of piperidine rings is 1. The first-order valence-electron chi connectivity index (χ1n) is 8.42. The fourth-order valence-electron chi connectivity index (χ4n) is 3.82. The van der Waals surface area contributed by atoms with Gasteiger partial charge in [-0.05, 0) is 56.6 Å². The summed E-state index contributed by atoms with van der Waals surface area (Å²) in [5.41, 5.74) is 2.38. The Bertz CT molecular complexity index is 476. The van der Waals surface area contributed by atoms with Crippen LogP contribution in [0.5, 0.6) is 0 Å². The van der Waals surface area contributed by atoms with Crippen molar-refractivity contribution in [2.24, 2.45) is 11.8 Å². The summed E-state index contributed by atoms with van der Waals surface area (Å²) < 4.78 is 0. The van der Waals surface area contributed by atoms with Gasteiger partial charge in [-0.15, -0.1) is 0 Å². The van der Waals surface area contributed by atoms with E-state index in [1.807, 2.05) is 13.1 Å².